The fraction of sp³-hybridized carbons (Fsp3) is 0.321. The van der Waals surface area contributed by atoms with E-state index in [0.717, 1.165) is 11.4 Å². The van der Waals surface area contributed by atoms with Gasteiger partial charge < -0.3 is 4.74 Å². The van der Waals surface area contributed by atoms with Gasteiger partial charge in [-0.25, -0.2) is 4.39 Å². The van der Waals surface area contributed by atoms with Crippen LogP contribution < -0.4 is 4.74 Å². The molecule has 0 atom stereocenters. The highest BCUT2D eigenvalue weighted by Crippen LogP contribution is 2.20. The lowest BCUT2D eigenvalue weighted by Crippen LogP contribution is -2.00. The van der Waals surface area contributed by atoms with Gasteiger partial charge in [-0.1, -0.05) is 62.4 Å². The maximum atomic E-state index is 12.6. The summed E-state index contributed by atoms with van der Waals surface area (Å²) in [6.45, 7) is 20.3. The van der Waals surface area contributed by atoms with E-state index < -0.39 is 0 Å². The van der Waals surface area contributed by atoms with Crippen LogP contribution in [0.25, 0.3) is 5.57 Å². The van der Waals surface area contributed by atoms with Crippen molar-refractivity contribution in [2.45, 2.75) is 55.4 Å². The molecule has 0 unspecified atom stereocenters. The molecule has 0 fully saturated rings. The average Bonchev–Trinajstić information content (AvgIpc) is 2.77. The molecule has 2 nitrogen and oxygen atoms in total. The Labute approximate surface area is 188 Å². The molecule has 0 heterocycles. The lowest BCUT2D eigenvalue weighted by molar-refractivity contribution is 0.350. The molecular formula is C28H38FNO. The van der Waals surface area contributed by atoms with Crippen molar-refractivity contribution in [3.8, 4) is 5.75 Å². The molecular weight excluding hydrogens is 385 g/mol. The summed E-state index contributed by atoms with van der Waals surface area (Å²) < 4.78 is 18.1. The molecule has 0 amide bonds. The molecule has 31 heavy (non-hydrogen) atoms. The van der Waals surface area contributed by atoms with Gasteiger partial charge in [-0.3, -0.25) is 4.99 Å². The van der Waals surface area contributed by atoms with E-state index in [4.69, 9.17) is 4.74 Å². The molecule has 0 radical (unpaired) electrons. The van der Waals surface area contributed by atoms with E-state index >= 15 is 0 Å². The normalized spacial score (nSPS) is 10.7. The van der Waals surface area contributed by atoms with Crippen LogP contribution in [-0.2, 0) is 0 Å². The van der Waals surface area contributed by atoms with Crippen molar-refractivity contribution >= 4 is 11.3 Å². The molecule has 2 aromatic rings. The zero-order valence-corrected chi connectivity index (χ0v) is 20.4. The highest BCUT2D eigenvalue weighted by Gasteiger charge is 2.00. The van der Waals surface area contributed by atoms with E-state index in [1.807, 2.05) is 53.7 Å². The highest BCUT2D eigenvalue weighted by molar-refractivity contribution is 5.80. The largest absolute Gasteiger partial charge is 0.487 e. The second kappa shape index (κ2) is 15.8. The first kappa shape index (κ1) is 28.1. The van der Waals surface area contributed by atoms with E-state index in [0.29, 0.717) is 12.4 Å². The minimum absolute atomic E-state index is 0.263. The molecule has 0 aliphatic heterocycles. The smallest absolute Gasteiger partial charge is 0.130 e. The third-order valence-corrected chi connectivity index (χ3v) is 4.14. The fourth-order valence-corrected chi connectivity index (χ4v) is 2.59. The molecule has 2 rings (SSSR count). The SMILES string of the molecule is C/C=C(/COc1ccc(F)cc1)N=C(C)C.C=C/C(=C\C)c1cc(C)ccc1C.CC. The van der Waals surface area contributed by atoms with Crippen molar-refractivity contribution in [2.24, 2.45) is 4.99 Å². The van der Waals surface area contributed by atoms with Gasteiger partial charge in [0.2, 0.25) is 0 Å². The Kier molecular flexibility index (Phi) is 14.3. The first-order chi connectivity index (χ1) is 14.8. The van der Waals surface area contributed by atoms with E-state index in [1.54, 1.807) is 12.1 Å². The van der Waals surface area contributed by atoms with Crippen LogP contribution in [0.3, 0.4) is 0 Å². The Morgan fingerprint density at radius 2 is 1.61 bits per heavy atom. The monoisotopic (exact) mass is 423 g/mol. The third kappa shape index (κ3) is 11.1. The standard InChI is InChI=1S/C13H16FNO.C13H16.C2H6/c1-4-12(15-10(2)3)9-16-13-7-5-11(14)6-8-13;1-5-12(6-2)13-9-10(3)7-8-11(13)4;1-2/h4-8H,9H2,1-3H3;5-9H,1H2,2-4H3;1-2H3/b12-4-;12-6+;. The first-order valence-corrected chi connectivity index (χ1v) is 10.7. The lowest BCUT2D eigenvalue weighted by Gasteiger charge is -2.07. The quantitative estimate of drug-likeness (QED) is 0.337. The van der Waals surface area contributed by atoms with Crippen molar-refractivity contribution in [3.63, 3.8) is 0 Å². The number of hydrogen-bond donors (Lipinski definition) is 0. The predicted octanol–water partition coefficient (Wildman–Crippen LogP) is 8.51. The van der Waals surface area contributed by atoms with Crippen molar-refractivity contribution in [3.05, 3.63) is 95.5 Å². The minimum Gasteiger partial charge on any atom is -0.487 e. The molecule has 0 saturated carbocycles. The van der Waals surface area contributed by atoms with Gasteiger partial charge >= 0.3 is 0 Å². The number of benzene rings is 2. The number of aliphatic imine (C=N–C) groups is 1. The maximum Gasteiger partial charge on any atom is 0.130 e. The number of allylic oxidation sites excluding steroid dienone is 4. The van der Waals surface area contributed by atoms with Crippen LogP contribution in [-0.4, -0.2) is 12.3 Å². The molecule has 0 saturated heterocycles. The zero-order chi connectivity index (χ0) is 23.8. The summed E-state index contributed by atoms with van der Waals surface area (Å²) >= 11 is 0. The Balaban J connectivity index is 0.000000547. The highest BCUT2D eigenvalue weighted by atomic mass is 19.1. The van der Waals surface area contributed by atoms with Crippen LogP contribution in [0.15, 0.2) is 78.0 Å². The summed E-state index contributed by atoms with van der Waals surface area (Å²) in [7, 11) is 0. The molecule has 0 aromatic heterocycles. The van der Waals surface area contributed by atoms with Crippen LogP contribution in [0.5, 0.6) is 5.75 Å². The number of aryl methyl sites for hydroxylation is 2. The molecule has 2 aromatic carbocycles. The fourth-order valence-electron chi connectivity index (χ4n) is 2.59. The molecule has 168 valence electrons. The summed E-state index contributed by atoms with van der Waals surface area (Å²) in [6.07, 6.45) is 5.90. The second-order valence-corrected chi connectivity index (χ2v) is 6.85. The van der Waals surface area contributed by atoms with Crippen LogP contribution >= 0.6 is 0 Å². The number of hydrogen-bond acceptors (Lipinski definition) is 2. The molecule has 0 spiro atoms. The van der Waals surface area contributed by atoms with Gasteiger partial charge in [0.05, 0.1) is 5.70 Å². The summed E-state index contributed by atoms with van der Waals surface area (Å²) in [5.41, 5.74) is 6.94. The number of ether oxygens (including phenoxy) is 1. The number of rotatable bonds is 6. The third-order valence-electron chi connectivity index (χ3n) is 4.14. The Morgan fingerprint density at radius 3 is 2.10 bits per heavy atom. The number of halogens is 1. The summed E-state index contributed by atoms with van der Waals surface area (Å²) in [5, 5.41) is 0. The van der Waals surface area contributed by atoms with Crippen molar-refractivity contribution in [1.29, 1.82) is 0 Å². The van der Waals surface area contributed by atoms with Gasteiger partial charge in [0.1, 0.15) is 18.2 Å². The van der Waals surface area contributed by atoms with E-state index in [1.165, 1.54) is 34.4 Å². The van der Waals surface area contributed by atoms with Gasteiger partial charge in [0.15, 0.2) is 0 Å². The van der Waals surface area contributed by atoms with Crippen molar-refractivity contribution in [2.75, 3.05) is 6.61 Å². The van der Waals surface area contributed by atoms with Gasteiger partial charge in [-0.2, -0.15) is 0 Å². The van der Waals surface area contributed by atoms with E-state index in [2.05, 4.69) is 49.7 Å². The topological polar surface area (TPSA) is 21.6 Å². The van der Waals surface area contributed by atoms with Gasteiger partial charge in [0, 0.05) is 5.71 Å². The summed E-state index contributed by atoms with van der Waals surface area (Å²) in [5.74, 6) is 0.380. The van der Waals surface area contributed by atoms with Gasteiger partial charge in [-0.15, -0.1) is 0 Å². The average molecular weight is 424 g/mol. The molecule has 0 N–H and O–H groups in total. The zero-order valence-electron chi connectivity index (χ0n) is 20.4. The molecule has 0 bridgehead atoms. The van der Waals surface area contributed by atoms with Crippen LogP contribution in [0.1, 0.15) is 58.2 Å². The van der Waals surface area contributed by atoms with Gasteiger partial charge in [0.25, 0.3) is 0 Å². The Bertz CT molecular complexity index is 886. The van der Waals surface area contributed by atoms with E-state index in [9.17, 15) is 4.39 Å². The molecule has 0 aliphatic carbocycles. The van der Waals surface area contributed by atoms with E-state index in [-0.39, 0.29) is 5.82 Å². The second-order valence-electron chi connectivity index (χ2n) is 6.85. The van der Waals surface area contributed by atoms with Crippen LogP contribution in [0, 0.1) is 19.7 Å². The van der Waals surface area contributed by atoms with Crippen LogP contribution in [0.2, 0.25) is 0 Å². The maximum absolute atomic E-state index is 12.6. The predicted molar refractivity (Wildman–Crippen MR) is 136 cm³/mol. The number of nitrogens with zero attached hydrogens (tertiary/aromatic N) is 1. The lowest BCUT2D eigenvalue weighted by atomic mass is 9.98. The molecule has 3 heteroatoms. The first-order valence-electron chi connectivity index (χ1n) is 10.7. The summed E-state index contributed by atoms with van der Waals surface area (Å²) in [6, 6.07) is 12.4. The van der Waals surface area contributed by atoms with Crippen molar-refractivity contribution in [1.82, 2.24) is 0 Å². The van der Waals surface area contributed by atoms with Crippen molar-refractivity contribution < 1.29 is 9.13 Å². The minimum atomic E-state index is -0.263. The molecule has 0 aliphatic rings. The Morgan fingerprint density at radius 1 is 1.00 bits per heavy atom. The summed E-state index contributed by atoms with van der Waals surface area (Å²) in [4.78, 5) is 4.31. The van der Waals surface area contributed by atoms with Crippen LogP contribution in [0.4, 0.5) is 4.39 Å². The van der Waals surface area contributed by atoms with Gasteiger partial charge in [-0.05, 0) is 82.5 Å². The Hall–Kier alpha value is -2.94.